The minimum atomic E-state index is 0.114. The third-order valence-electron chi connectivity index (χ3n) is 3.73. The monoisotopic (exact) mass is 218 g/mol. The van der Waals surface area contributed by atoms with Crippen LogP contribution in [0.5, 0.6) is 0 Å². The van der Waals surface area contributed by atoms with E-state index in [1.54, 1.807) is 6.07 Å². The molecule has 0 bridgehead atoms. The van der Waals surface area contributed by atoms with Gasteiger partial charge in [-0.25, -0.2) is 0 Å². The number of aryl methyl sites for hydroxylation is 1. The smallest absolute Gasteiger partial charge is 0.186 e. The molecule has 2 aromatic rings. The lowest BCUT2D eigenvalue weighted by atomic mass is 10.1. The Labute approximate surface area is 98.3 Å². The van der Waals surface area contributed by atoms with Crippen LogP contribution in [0.2, 0.25) is 0 Å². The molecule has 4 rings (SSSR count). The molecule has 2 aromatic carbocycles. The summed E-state index contributed by atoms with van der Waals surface area (Å²) in [4.78, 5) is 11.7. The number of benzene rings is 1. The Bertz CT molecular complexity index is 860. The van der Waals surface area contributed by atoms with Crippen LogP contribution in [0.15, 0.2) is 47.3 Å². The highest BCUT2D eigenvalue weighted by atomic mass is 16.1. The molecule has 1 heteroatoms. The molecule has 0 heterocycles. The minimum absolute atomic E-state index is 0.114. The topological polar surface area (TPSA) is 17.1 Å². The van der Waals surface area contributed by atoms with Gasteiger partial charge < -0.3 is 0 Å². The second-order valence-corrected chi connectivity index (χ2v) is 4.63. The van der Waals surface area contributed by atoms with Crippen LogP contribution in [-0.4, -0.2) is 0 Å². The van der Waals surface area contributed by atoms with E-state index in [0.717, 1.165) is 11.1 Å². The summed E-state index contributed by atoms with van der Waals surface area (Å²) < 4.78 is 0. The summed E-state index contributed by atoms with van der Waals surface area (Å²) in [7, 11) is 0. The average Bonchev–Trinajstić information content (AvgIpc) is 2.91. The molecular weight excluding hydrogens is 208 g/mol. The van der Waals surface area contributed by atoms with E-state index in [1.807, 2.05) is 18.2 Å². The fourth-order valence-corrected chi connectivity index (χ4v) is 2.77. The van der Waals surface area contributed by atoms with E-state index < -0.39 is 0 Å². The molecule has 0 N–H and O–H groups in total. The van der Waals surface area contributed by atoms with Gasteiger partial charge in [0.1, 0.15) is 0 Å². The van der Waals surface area contributed by atoms with Gasteiger partial charge in [0.2, 0.25) is 0 Å². The molecular formula is C16H10O. The molecule has 0 unspecified atom stereocenters. The van der Waals surface area contributed by atoms with Crippen LogP contribution in [-0.2, 0) is 0 Å². The SMILES string of the molecule is Cc1c2ccc3c4ccc(=O)c-4cccc3c12. The van der Waals surface area contributed by atoms with Crippen molar-refractivity contribution >= 4 is 21.5 Å². The van der Waals surface area contributed by atoms with Crippen molar-refractivity contribution in [2.24, 2.45) is 0 Å². The molecule has 0 radical (unpaired) electrons. The van der Waals surface area contributed by atoms with Gasteiger partial charge in [-0.05, 0) is 51.7 Å². The lowest BCUT2D eigenvalue weighted by Gasteiger charge is -1.95. The number of fused-ring (bicyclic) bond motifs is 5. The van der Waals surface area contributed by atoms with Gasteiger partial charge in [-0.2, -0.15) is 0 Å². The second-order valence-electron chi connectivity index (χ2n) is 4.63. The third-order valence-corrected chi connectivity index (χ3v) is 3.73. The molecule has 0 aliphatic heterocycles. The Hall–Kier alpha value is -2.15. The van der Waals surface area contributed by atoms with Crippen molar-refractivity contribution in [3.8, 4) is 11.1 Å². The largest absolute Gasteiger partial charge is 0.289 e. The fourth-order valence-electron chi connectivity index (χ4n) is 2.77. The molecule has 0 atom stereocenters. The van der Waals surface area contributed by atoms with E-state index in [4.69, 9.17) is 0 Å². The first-order valence-corrected chi connectivity index (χ1v) is 5.77. The molecule has 80 valence electrons. The van der Waals surface area contributed by atoms with Crippen LogP contribution in [0.3, 0.4) is 0 Å². The average molecular weight is 218 g/mol. The number of hydrogen-bond acceptors (Lipinski definition) is 1. The summed E-state index contributed by atoms with van der Waals surface area (Å²) >= 11 is 0. The highest BCUT2D eigenvalue weighted by molar-refractivity contribution is 6.22. The minimum Gasteiger partial charge on any atom is -0.289 e. The first-order chi connectivity index (χ1) is 8.27. The number of hydrogen-bond donors (Lipinski definition) is 0. The van der Waals surface area contributed by atoms with E-state index in [1.165, 1.54) is 27.1 Å². The van der Waals surface area contributed by atoms with Crippen LogP contribution >= 0.6 is 0 Å². The molecule has 0 saturated carbocycles. The predicted molar refractivity (Wildman–Crippen MR) is 71.5 cm³/mol. The highest BCUT2D eigenvalue weighted by Crippen LogP contribution is 2.41. The third kappa shape index (κ3) is 1.01. The first-order valence-electron chi connectivity index (χ1n) is 5.77. The van der Waals surface area contributed by atoms with Crippen LogP contribution in [0.4, 0.5) is 0 Å². The van der Waals surface area contributed by atoms with E-state index in [0.29, 0.717) is 0 Å². The van der Waals surface area contributed by atoms with E-state index in [9.17, 15) is 4.79 Å². The molecule has 0 spiro atoms. The molecule has 0 amide bonds. The van der Waals surface area contributed by atoms with Gasteiger partial charge in [-0.1, -0.05) is 30.3 Å². The summed E-state index contributed by atoms with van der Waals surface area (Å²) in [6.07, 6.45) is 0. The molecule has 1 nitrogen and oxygen atoms in total. The predicted octanol–water partition coefficient (Wildman–Crippen LogP) is 3.64. The molecule has 2 aliphatic rings. The van der Waals surface area contributed by atoms with Crippen LogP contribution in [0.1, 0.15) is 5.56 Å². The van der Waals surface area contributed by atoms with Gasteiger partial charge in [0, 0.05) is 5.56 Å². The van der Waals surface area contributed by atoms with Gasteiger partial charge in [0.15, 0.2) is 5.43 Å². The first kappa shape index (κ1) is 8.94. The van der Waals surface area contributed by atoms with Gasteiger partial charge in [-0.3, -0.25) is 4.79 Å². The van der Waals surface area contributed by atoms with E-state index in [-0.39, 0.29) is 5.43 Å². The Balaban J connectivity index is 2.29. The van der Waals surface area contributed by atoms with Crippen molar-refractivity contribution in [3.05, 3.63) is 58.3 Å². The van der Waals surface area contributed by atoms with Crippen LogP contribution in [0.25, 0.3) is 32.7 Å². The van der Waals surface area contributed by atoms with Gasteiger partial charge in [-0.15, -0.1) is 0 Å². The van der Waals surface area contributed by atoms with Crippen molar-refractivity contribution in [3.63, 3.8) is 0 Å². The normalized spacial score (nSPS) is 12.1. The van der Waals surface area contributed by atoms with Crippen LogP contribution in [0, 0.1) is 6.92 Å². The lowest BCUT2D eigenvalue weighted by molar-refractivity contribution is 1.72. The quantitative estimate of drug-likeness (QED) is 0.440. The Morgan fingerprint density at radius 1 is 0.765 bits per heavy atom. The maximum atomic E-state index is 11.7. The van der Waals surface area contributed by atoms with Crippen molar-refractivity contribution in [1.29, 1.82) is 0 Å². The van der Waals surface area contributed by atoms with Crippen molar-refractivity contribution in [2.75, 3.05) is 0 Å². The second kappa shape index (κ2) is 2.75. The fraction of sp³-hybridized carbons (Fsp3) is 0.0625. The lowest BCUT2D eigenvalue weighted by Crippen LogP contribution is -1.92. The zero-order chi connectivity index (χ0) is 11.6. The Kier molecular flexibility index (Phi) is 1.44. The standard InChI is InChI=1S/C16H10O/c1-9-10-5-6-12-11-7-8-15(17)13(11)3-2-4-14(12)16(9)10/h2-8H,1H3. The summed E-state index contributed by atoms with van der Waals surface area (Å²) in [5.41, 5.74) is 3.38. The summed E-state index contributed by atoms with van der Waals surface area (Å²) in [5.74, 6) is 0. The highest BCUT2D eigenvalue weighted by Gasteiger charge is 2.16. The summed E-state index contributed by atoms with van der Waals surface area (Å²) in [5, 5.41) is 5.18. The van der Waals surface area contributed by atoms with Gasteiger partial charge >= 0.3 is 0 Å². The Morgan fingerprint density at radius 3 is 2.47 bits per heavy atom. The van der Waals surface area contributed by atoms with Gasteiger partial charge in [0.25, 0.3) is 0 Å². The van der Waals surface area contributed by atoms with Gasteiger partial charge in [0.05, 0.1) is 0 Å². The van der Waals surface area contributed by atoms with Crippen molar-refractivity contribution in [2.45, 2.75) is 6.92 Å². The molecule has 0 aromatic heterocycles. The van der Waals surface area contributed by atoms with Crippen molar-refractivity contribution < 1.29 is 0 Å². The summed E-state index contributed by atoms with van der Waals surface area (Å²) in [6.45, 7) is 2.15. The van der Waals surface area contributed by atoms with Crippen LogP contribution < -0.4 is 5.43 Å². The number of rotatable bonds is 0. The molecule has 2 aliphatic carbocycles. The zero-order valence-corrected chi connectivity index (χ0v) is 9.45. The molecule has 0 saturated heterocycles. The maximum Gasteiger partial charge on any atom is 0.186 e. The summed E-state index contributed by atoms with van der Waals surface area (Å²) in [6, 6.07) is 13.9. The molecule has 0 fully saturated rings. The van der Waals surface area contributed by atoms with Crippen molar-refractivity contribution in [1.82, 2.24) is 0 Å². The Morgan fingerprint density at radius 2 is 1.59 bits per heavy atom. The maximum absolute atomic E-state index is 11.7. The molecule has 17 heavy (non-hydrogen) atoms. The van der Waals surface area contributed by atoms with E-state index >= 15 is 0 Å². The van der Waals surface area contributed by atoms with E-state index in [2.05, 4.69) is 25.1 Å². The zero-order valence-electron chi connectivity index (χ0n) is 9.45.